The number of para-hydroxylation sites is 1. The van der Waals surface area contributed by atoms with Gasteiger partial charge in [-0.2, -0.15) is 15.0 Å². The molecule has 7 nitrogen and oxygen atoms in total. The number of nitrogens with zero attached hydrogens (tertiary/aromatic N) is 3. The van der Waals surface area contributed by atoms with E-state index in [0.29, 0.717) is 11.8 Å². The molecule has 1 aromatic carbocycles. The molecule has 1 aromatic heterocycles. The molecule has 0 bridgehead atoms. The Morgan fingerprint density at radius 2 is 2.09 bits per heavy atom. The third-order valence-electron chi connectivity index (χ3n) is 3.87. The Balaban J connectivity index is 1.68. The number of ether oxygens (including phenoxy) is 1. The van der Waals surface area contributed by atoms with Crippen molar-refractivity contribution in [1.29, 1.82) is 0 Å². The van der Waals surface area contributed by atoms with E-state index >= 15 is 0 Å². The number of nitrogens with two attached hydrogens (primary N) is 1. The normalized spacial score (nSPS) is 14.1. The smallest absolute Gasteiger partial charge is 0.309 e. The number of rotatable bonds is 5. The molecule has 23 heavy (non-hydrogen) atoms. The molecule has 0 atom stereocenters. The fourth-order valence-corrected chi connectivity index (χ4v) is 2.29. The van der Waals surface area contributed by atoms with Crippen molar-refractivity contribution in [3.8, 4) is 0 Å². The minimum Gasteiger partial charge on any atom is -0.457 e. The number of anilines is 3. The zero-order valence-electron chi connectivity index (χ0n) is 13.0. The van der Waals surface area contributed by atoms with Crippen LogP contribution in [-0.4, -0.2) is 20.9 Å². The van der Waals surface area contributed by atoms with E-state index in [-0.39, 0.29) is 24.4 Å². The minimum atomic E-state index is -0.191. The van der Waals surface area contributed by atoms with Crippen molar-refractivity contribution < 1.29 is 9.53 Å². The number of esters is 1. The number of carbonyl (C=O) groups excluding carboxylic acids is 1. The SMILES string of the molecule is Cc1ccccc1Nc1nc(N)nc(COC(=O)C2CCC2)n1. The van der Waals surface area contributed by atoms with Crippen LogP contribution in [0, 0.1) is 12.8 Å². The van der Waals surface area contributed by atoms with Gasteiger partial charge in [-0.3, -0.25) is 4.79 Å². The van der Waals surface area contributed by atoms with Gasteiger partial charge >= 0.3 is 5.97 Å². The summed E-state index contributed by atoms with van der Waals surface area (Å²) in [5.74, 6) is 0.593. The summed E-state index contributed by atoms with van der Waals surface area (Å²) in [5, 5.41) is 3.10. The molecule has 0 aliphatic heterocycles. The largest absolute Gasteiger partial charge is 0.457 e. The van der Waals surface area contributed by atoms with Crippen molar-refractivity contribution in [2.75, 3.05) is 11.1 Å². The summed E-state index contributed by atoms with van der Waals surface area (Å²) < 4.78 is 5.24. The zero-order valence-corrected chi connectivity index (χ0v) is 13.0. The fraction of sp³-hybridized carbons (Fsp3) is 0.375. The molecule has 3 rings (SSSR count). The van der Waals surface area contributed by atoms with E-state index in [0.717, 1.165) is 30.5 Å². The van der Waals surface area contributed by atoms with Crippen molar-refractivity contribution in [1.82, 2.24) is 15.0 Å². The zero-order chi connectivity index (χ0) is 16.2. The monoisotopic (exact) mass is 313 g/mol. The van der Waals surface area contributed by atoms with Gasteiger partial charge in [0, 0.05) is 5.69 Å². The molecule has 1 fully saturated rings. The van der Waals surface area contributed by atoms with Gasteiger partial charge in [-0.25, -0.2) is 0 Å². The number of hydrogen-bond donors (Lipinski definition) is 2. The van der Waals surface area contributed by atoms with Gasteiger partial charge in [0.15, 0.2) is 12.4 Å². The summed E-state index contributed by atoms with van der Waals surface area (Å²) in [6.07, 6.45) is 2.89. The lowest BCUT2D eigenvalue weighted by atomic mass is 9.86. The van der Waals surface area contributed by atoms with Crippen LogP contribution in [0.1, 0.15) is 30.7 Å². The average molecular weight is 313 g/mol. The molecular formula is C16H19N5O2. The second kappa shape index (κ2) is 6.60. The molecule has 0 amide bonds. The van der Waals surface area contributed by atoms with Crippen LogP contribution >= 0.6 is 0 Å². The molecule has 2 aromatic rings. The summed E-state index contributed by atoms with van der Waals surface area (Å²) in [5.41, 5.74) is 7.66. The van der Waals surface area contributed by atoms with Crippen LogP contribution in [0.5, 0.6) is 0 Å². The molecule has 0 saturated heterocycles. The molecule has 3 N–H and O–H groups in total. The van der Waals surface area contributed by atoms with Gasteiger partial charge in [0.25, 0.3) is 0 Å². The summed E-state index contributed by atoms with van der Waals surface area (Å²) in [6.45, 7) is 1.98. The van der Waals surface area contributed by atoms with Crippen LogP contribution in [0.4, 0.5) is 17.6 Å². The Hall–Kier alpha value is -2.70. The predicted octanol–water partition coefficient (Wildman–Crippen LogP) is 2.35. The number of nitrogens with one attached hydrogen (secondary N) is 1. The molecule has 1 saturated carbocycles. The molecule has 1 aliphatic carbocycles. The van der Waals surface area contributed by atoms with E-state index in [2.05, 4.69) is 20.3 Å². The molecular weight excluding hydrogens is 294 g/mol. The number of carbonyl (C=O) groups is 1. The third-order valence-corrected chi connectivity index (χ3v) is 3.87. The molecule has 7 heteroatoms. The van der Waals surface area contributed by atoms with Gasteiger partial charge in [0.05, 0.1) is 5.92 Å². The molecule has 0 radical (unpaired) electrons. The number of benzene rings is 1. The Morgan fingerprint density at radius 3 is 2.78 bits per heavy atom. The first-order valence-electron chi connectivity index (χ1n) is 7.61. The van der Waals surface area contributed by atoms with Crippen LogP contribution in [0.15, 0.2) is 24.3 Å². The summed E-state index contributed by atoms with van der Waals surface area (Å²) in [7, 11) is 0. The van der Waals surface area contributed by atoms with Crippen molar-refractivity contribution in [3.05, 3.63) is 35.7 Å². The standard InChI is InChI=1S/C16H19N5O2/c1-10-5-2-3-8-12(10)18-16-20-13(19-15(17)21-16)9-23-14(22)11-6-4-7-11/h2-3,5,8,11H,4,6-7,9H2,1H3,(H3,17,18,19,20,21). The van der Waals surface area contributed by atoms with E-state index in [1.807, 2.05) is 31.2 Å². The predicted molar refractivity (Wildman–Crippen MR) is 85.8 cm³/mol. The molecule has 120 valence electrons. The van der Waals surface area contributed by atoms with Crippen molar-refractivity contribution in [2.45, 2.75) is 32.8 Å². The van der Waals surface area contributed by atoms with Gasteiger partial charge in [-0.15, -0.1) is 0 Å². The maximum absolute atomic E-state index is 11.8. The maximum atomic E-state index is 11.8. The highest BCUT2D eigenvalue weighted by Gasteiger charge is 2.26. The highest BCUT2D eigenvalue weighted by atomic mass is 16.5. The number of aryl methyl sites for hydroxylation is 1. The molecule has 0 unspecified atom stereocenters. The second-order valence-electron chi connectivity index (χ2n) is 5.61. The number of nitrogen functional groups attached to an aromatic ring is 1. The van der Waals surface area contributed by atoms with Crippen molar-refractivity contribution in [3.63, 3.8) is 0 Å². The number of hydrogen-bond acceptors (Lipinski definition) is 7. The van der Waals surface area contributed by atoms with Crippen molar-refractivity contribution in [2.24, 2.45) is 5.92 Å². The third kappa shape index (κ3) is 3.74. The Bertz CT molecular complexity index is 715. The molecule has 1 heterocycles. The number of aromatic nitrogens is 3. The minimum absolute atomic E-state index is 0.00447. The highest BCUT2D eigenvalue weighted by molar-refractivity contribution is 5.73. The Kier molecular flexibility index (Phi) is 4.36. The van der Waals surface area contributed by atoms with Crippen LogP contribution in [0.25, 0.3) is 0 Å². The average Bonchev–Trinajstić information content (AvgIpc) is 2.45. The maximum Gasteiger partial charge on any atom is 0.309 e. The van der Waals surface area contributed by atoms with Gasteiger partial charge in [-0.05, 0) is 31.4 Å². The van der Waals surface area contributed by atoms with E-state index in [4.69, 9.17) is 10.5 Å². The fourth-order valence-electron chi connectivity index (χ4n) is 2.29. The lowest BCUT2D eigenvalue weighted by Gasteiger charge is -2.22. The quantitative estimate of drug-likeness (QED) is 0.817. The van der Waals surface area contributed by atoms with E-state index in [1.54, 1.807) is 0 Å². The van der Waals surface area contributed by atoms with Gasteiger partial charge < -0.3 is 15.8 Å². The van der Waals surface area contributed by atoms with E-state index in [9.17, 15) is 4.79 Å². The topological polar surface area (TPSA) is 103 Å². The molecule has 1 aliphatic rings. The van der Waals surface area contributed by atoms with E-state index < -0.39 is 0 Å². The van der Waals surface area contributed by atoms with Crippen LogP contribution in [0.2, 0.25) is 0 Å². The summed E-state index contributed by atoms with van der Waals surface area (Å²) in [4.78, 5) is 24.1. The van der Waals surface area contributed by atoms with E-state index in [1.165, 1.54) is 0 Å². The lowest BCUT2D eigenvalue weighted by Crippen LogP contribution is -2.24. The van der Waals surface area contributed by atoms with Gasteiger partial charge in [0.2, 0.25) is 11.9 Å². The van der Waals surface area contributed by atoms with Crippen molar-refractivity contribution >= 4 is 23.6 Å². The second-order valence-corrected chi connectivity index (χ2v) is 5.61. The Labute approximate surface area is 134 Å². The van der Waals surface area contributed by atoms with Crippen LogP contribution in [0.3, 0.4) is 0 Å². The van der Waals surface area contributed by atoms with Gasteiger partial charge in [0.1, 0.15) is 0 Å². The Morgan fingerprint density at radius 1 is 1.30 bits per heavy atom. The highest BCUT2D eigenvalue weighted by Crippen LogP contribution is 2.27. The van der Waals surface area contributed by atoms with Crippen LogP contribution in [-0.2, 0) is 16.1 Å². The van der Waals surface area contributed by atoms with Gasteiger partial charge in [-0.1, -0.05) is 24.6 Å². The molecule has 0 spiro atoms. The van der Waals surface area contributed by atoms with Crippen LogP contribution < -0.4 is 11.1 Å². The summed E-state index contributed by atoms with van der Waals surface area (Å²) in [6, 6.07) is 7.77. The lowest BCUT2D eigenvalue weighted by molar-refractivity contribution is -0.153. The first-order valence-corrected chi connectivity index (χ1v) is 7.61. The first-order chi connectivity index (χ1) is 11.1. The summed E-state index contributed by atoms with van der Waals surface area (Å²) >= 11 is 0. The first kappa shape index (κ1) is 15.2.